The van der Waals surface area contributed by atoms with Gasteiger partial charge in [0.05, 0.1) is 0 Å². The highest BCUT2D eigenvalue weighted by Crippen LogP contribution is 2.40. The molecule has 1 rings (SSSR count). The molecule has 3 heteroatoms. The van der Waals surface area contributed by atoms with Gasteiger partial charge in [-0.2, -0.15) is 0 Å². The van der Waals surface area contributed by atoms with Crippen molar-refractivity contribution < 1.29 is 4.79 Å². The normalized spacial score (nSPS) is 12.2. The summed E-state index contributed by atoms with van der Waals surface area (Å²) in [5, 5.41) is 0. The predicted octanol–water partition coefficient (Wildman–Crippen LogP) is 3.90. The Balaban J connectivity index is 2.55. The van der Waals surface area contributed by atoms with E-state index in [0.29, 0.717) is 0 Å². The van der Waals surface area contributed by atoms with Crippen LogP contribution in [0.1, 0.15) is 26.7 Å². The van der Waals surface area contributed by atoms with Crippen LogP contribution < -0.4 is 4.90 Å². The topological polar surface area (TPSA) is 20.3 Å². The number of carbonyl (C=O) groups excluding carboxylic acids is 1. The van der Waals surface area contributed by atoms with Crippen LogP contribution in [0.25, 0.3) is 0 Å². The van der Waals surface area contributed by atoms with Crippen LogP contribution >= 0.6 is 10.0 Å². The Morgan fingerprint density at radius 3 is 2.32 bits per heavy atom. The van der Waals surface area contributed by atoms with Crippen LogP contribution in [0.3, 0.4) is 0 Å². The first-order valence-electron chi connectivity index (χ1n) is 6.98. The molecule has 0 aliphatic carbocycles. The molecular formula is C16H27NOS. The number of amides is 1. The van der Waals surface area contributed by atoms with Crippen molar-refractivity contribution in [3.63, 3.8) is 0 Å². The quantitative estimate of drug-likeness (QED) is 0.742. The Kier molecular flexibility index (Phi) is 6.43. The van der Waals surface area contributed by atoms with E-state index in [-0.39, 0.29) is 5.91 Å². The molecule has 0 radical (unpaired) electrons. The van der Waals surface area contributed by atoms with Crippen LogP contribution in [0.5, 0.6) is 0 Å². The zero-order valence-electron chi connectivity index (χ0n) is 12.7. The Hall–Kier alpha value is -0.960. The molecule has 0 aliphatic heterocycles. The third-order valence-corrected chi connectivity index (χ3v) is 6.19. The molecule has 0 aliphatic rings. The molecule has 1 amide bonds. The number of hydrogen-bond acceptors (Lipinski definition) is 1. The molecule has 108 valence electrons. The summed E-state index contributed by atoms with van der Waals surface area (Å²) in [6, 6.07) is 9.96. The summed E-state index contributed by atoms with van der Waals surface area (Å²) in [6.45, 7) is 4.73. The molecular weight excluding hydrogens is 254 g/mol. The molecule has 0 bridgehead atoms. The molecule has 0 atom stereocenters. The van der Waals surface area contributed by atoms with E-state index in [9.17, 15) is 4.79 Å². The standard InChI is InChI=1S/C16H27NOS/c1-5-13-19(3,4)14-9-12-17(15(2)18)16-10-7-6-8-11-16/h6-8,10-11H,5,9,12-14H2,1-4H3. The van der Waals surface area contributed by atoms with Crippen molar-refractivity contribution in [1.82, 2.24) is 0 Å². The second-order valence-electron chi connectivity index (χ2n) is 5.54. The lowest BCUT2D eigenvalue weighted by Gasteiger charge is -2.32. The van der Waals surface area contributed by atoms with E-state index >= 15 is 0 Å². The molecule has 0 unspecified atom stereocenters. The Bertz CT molecular complexity index is 389. The minimum Gasteiger partial charge on any atom is -0.313 e. The summed E-state index contributed by atoms with van der Waals surface area (Å²) in [6.07, 6.45) is 7.16. The first-order valence-corrected chi connectivity index (χ1v) is 9.77. The maximum absolute atomic E-state index is 11.8. The first-order chi connectivity index (χ1) is 8.96. The minimum absolute atomic E-state index is 0.134. The first kappa shape index (κ1) is 16.1. The Morgan fingerprint density at radius 2 is 1.79 bits per heavy atom. The van der Waals surface area contributed by atoms with Gasteiger partial charge in [0.25, 0.3) is 0 Å². The number of carbonyl (C=O) groups is 1. The Labute approximate surface area is 119 Å². The fourth-order valence-electron chi connectivity index (χ4n) is 2.34. The molecule has 2 nitrogen and oxygen atoms in total. The minimum atomic E-state index is -0.473. The van der Waals surface area contributed by atoms with Crippen LogP contribution in [0.2, 0.25) is 0 Å². The van der Waals surface area contributed by atoms with E-state index in [1.54, 1.807) is 6.92 Å². The fraction of sp³-hybridized carbons (Fsp3) is 0.562. The highest BCUT2D eigenvalue weighted by atomic mass is 32.3. The van der Waals surface area contributed by atoms with Gasteiger partial charge < -0.3 is 4.90 Å². The van der Waals surface area contributed by atoms with Gasteiger partial charge in [0.1, 0.15) is 0 Å². The van der Waals surface area contributed by atoms with Crippen LogP contribution in [-0.4, -0.2) is 36.5 Å². The highest BCUT2D eigenvalue weighted by molar-refractivity contribution is 8.32. The largest absolute Gasteiger partial charge is 0.313 e. The average Bonchev–Trinajstić information content (AvgIpc) is 2.35. The van der Waals surface area contributed by atoms with Crippen molar-refractivity contribution in [2.24, 2.45) is 0 Å². The molecule has 0 spiro atoms. The van der Waals surface area contributed by atoms with Gasteiger partial charge >= 0.3 is 0 Å². The smallest absolute Gasteiger partial charge is 0.223 e. The van der Waals surface area contributed by atoms with Crippen molar-refractivity contribution in [3.8, 4) is 0 Å². The van der Waals surface area contributed by atoms with Gasteiger partial charge in [-0.3, -0.25) is 4.79 Å². The SMILES string of the molecule is CCCS(C)(C)CCCN(C(C)=O)c1ccccc1. The predicted molar refractivity (Wildman–Crippen MR) is 88.6 cm³/mol. The monoisotopic (exact) mass is 281 g/mol. The van der Waals surface area contributed by atoms with Gasteiger partial charge in [-0.05, 0) is 49.0 Å². The van der Waals surface area contributed by atoms with E-state index in [2.05, 4.69) is 19.4 Å². The number of anilines is 1. The molecule has 0 fully saturated rings. The number of rotatable bonds is 7. The molecule has 0 N–H and O–H groups in total. The zero-order chi connectivity index (χ0) is 14.3. The van der Waals surface area contributed by atoms with E-state index in [1.165, 1.54) is 17.9 Å². The van der Waals surface area contributed by atoms with Crippen molar-refractivity contribution in [1.29, 1.82) is 0 Å². The van der Waals surface area contributed by atoms with Gasteiger partial charge in [0.15, 0.2) is 0 Å². The number of benzene rings is 1. The van der Waals surface area contributed by atoms with Crippen molar-refractivity contribution in [2.75, 3.05) is 35.5 Å². The van der Waals surface area contributed by atoms with Crippen LogP contribution in [-0.2, 0) is 4.79 Å². The second-order valence-corrected chi connectivity index (χ2v) is 9.89. The maximum Gasteiger partial charge on any atom is 0.223 e. The fourth-order valence-corrected chi connectivity index (χ4v) is 4.56. The van der Waals surface area contributed by atoms with Crippen molar-refractivity contribution >= 4 is 21.6 Å². The van der Waals surface area contributed by atoms with E-state index in [0.717, 1.165) is 18.7 Å². The summed E-state index contributed by atoms with van der Waals surface area (Å²) in [7, 11) is -0.473. The van der Waals surface area contributed by atoms with Gasteiger partial charge in [-0.15, -0.1) is 0 Å². The summed E-state index contributed by atoms with van der Waals surface area (Å²) < 4.78 is 0. The highest BCUT2D eigenvalue weighted by Gasteiger charge is 2.14. The lowest BCUT2D eigenvalue weighted by molar-refractivity contribution is -0.116. The summed E-state index contributed by atoms with van der Waals surface area (Å²) >= 11 is 0. The molecule has 0 aromatic heterocycles. The molecule has 1 aromatic rings. The average molecular weight is 281 g/mol. The van der Waals surface area contributed by atoms with Gasteiger partial charge in [-0.25, -0.2) is 10.0 Å². The lowest BCUT2D eigenvalue weighted by Crippen LogP contribution is -2.30. The van der Waals surface area contributed by atoms with Crippen molar-refractivity contribution in [2.45, 2.75) is 26.7 Å². The molecule has 0 heterocycles. The van der Waals surface area contributed by atoms with Crippen LogP contribution in [0, 0.1) is 0 Å². The van der Waals surface area contributed by atoms with Crippen LogP contribution in [0.15, 0.2) is 30.3 Å². The summed E-state index contributed by atoms with van der Waals surface area (Å²) in [5.41, 5.74) is 1.01. The third-order valence-electron chi connectivity index (χ3n) is 3.28. The molecule has 0 saturated carbocycles. The summed E-state index contributed by atoms with van der Waals surface area (Å²) in [5.74, 6) is 2.71. The van der Waals surface area contributed by atoms with Crippen molar-refractivity contribution in [3.05, 3.63) is 30.3 Å². The van der Waals surface area contributed by atoms with Crippen LogP contribution in [0.4, 0.5) is 5.69 Å². The Morgan fingerprint density at radius 1 is 1.16 bits per heavy atom. The molecule has 1 aromatic carbocycles. The molecule has 19 heavy (non-hydrogen) atoms. The third kappa shape index (κ3) is 5.68. The number of para-hydroxylation sites is 1. The van der Waals surface area contributed by atoms with E-state index in [1.807, 2.05) is 35.2 Å². The van der Waals surface area contributed by atoms with E-state index < -0.39 is 10.0 Å². The zero-order valence-corrected chi connectivity index (χ0v) is 13.5. The summed E-state index contributed by atoms with van der Waals surface area (Å²) in [4.78, 5) is 13.6. The lowest BCUT2D eigenvalue weighted by atomic mass is 10.2. The van der Waals surface area contributed by atoms with Gasteiger partial charge in [0.2, 0.25) is 5.91 Å². The second kappa shape index (κ2) is 7.59. The van der Waals surface area contributed by atoms with E-state index in [4.69, 9.17) is 0 Å². The number of hydrogen-bond donors (Lipinski definition) is 0. The maximum atomic E-state index is 11.8. The van der Waals surface area contributed by atoms with Gasteiger partial charge in [0, 0.05) is 19.2 Å². The van der Waals surface area contributed by atoms with Gasteiger partial charge in [-0.1, -0.05) is 25.1 Å². The number of nitrogens with zero attached hydrogens (tertiary/aromatic N) is 1. The molecule has 0 saturated heterocycles.